The Balaban J connectivity index is 1.38. The summed E-state index contributed by atoms with van der Waals surface area (Å²) in [6.07, 6.45) is 1.67. The van der Waals surface area contributed by atoms with Gasteiger partial charge in [-0.05, 0) is 30.7 Å². The molecule has 0 unspecified atom stereocenters. The molecule has 148 valence electrons. The fourth-order valence-electron chi connectivity index (χ4n) is 3.19. The van der Waals surface area contributed by atoms with Crippen LogP contribution in [0.4, 0.5) is 5.95 Å². The molecule has 2 N–H and O–H groups in total. The van der Waals surface area contributed by atoms with Gasteiger partial charge in [0.1, 0.15) is 10.5 Å². The first-order chi connectivity index (χ1) is 14.7. The second kappa shape index (κ2) is 7.53. The lowest BCUT2D eigenvalue weighted by Crippen LogP contribution is -2.11. The number of hydrogen-bond donors (Lipinski definition) is 2. The molecule has 8 nitrogen and oxygen atoms in total. The molecule has 0 aliphatic rings. The highest BCUT2D eigenvalue weighted by atomic mass is 32.1. The number of aromatic nitrogens is 6. The summed E-state index contributed by atoms with van der Waals surface area (Å²) in [5, 5.41) is 15.2. The minimum atomic E-state index is -0.256. The third-order valence-electron chi connectivity index (χ3n) is 4.62. The van der Waals surface area contributed by atoms with Crippen molar-refractivity contribution in [2.45, 2.75) is 13.5 Å². The molecule has 0 fully saturated rings. The number of fused-ring (bicyclic) bond motifs is 1. The van der Waals surface area contributed by atoms with E-state index in [-0.39, 0.29) is 11.9 Å². The Morgan fingerprint density at radius 1 is 1.17 bits per heavy atom. The highest BCUT2D eigenvalue weighted by Gasteiger charge is 2.18. The Labute approximate surface area is 175 Å². The van der Waals surface area contributed by atoms with Gasteiger partial charge in [0.05, 0.1) is 17.1 Å². The molecule has 4 aromatic heterocycles. The molecule has 5 aromatic rings. The molecule has 0 bridgehead atoms. The molecular weight excluding hydrogens is 398 g/mol. The van der Waals surface area contributed by atoms with Crippen LogP contribution in [0.5, 0.6) is 0 Å². The number of H-pyrrole nitrogens is 1. The second-order valence-electron chi connectivity index (χ2n) is 6.73. The summed E-state index contributed by atoms with van der Waals surface area (Å²) in [6, 6.07) is 17.5. The van der Waals surface area contributed by atoms with Gasteiger partial charge in [0, 0.05) is 11.6 Å². The predicted molar refractivity (Wildman–Crippen MR) is 115 cm³/mol. The molecule has 0 atom stereocenters. The van der Waals surface area contributed by atoms with Crippen LogP contribution in [0, 0.1) is 6.92 Å². The normalized spacial score (nSPS) is 11.1. The number of thiophene rings is 1. The molecule has 0 radical (unpaired) electrons. The SMILES string of the molecule is Cc1nn(Cc2ccccc2)c2sc(C(=O)Nc3n[nH]c(-c4ccccn4)n3)cc12. The number of nitrogens with zero attached hydrogens (tertiary/aromatic N) is 5. The van der Waals surface area contributed by atoms with Gasteiger partial charge in [-0.3, -0.25) is 24.9 Å². The highest BCUT2D eigenvalue weighted by molar-refractivity contribution is 7.20. The molecular formula is C21H17N7OS. The van der Waals surface area contributed by atoms with Crippen molar-refractivity contribution in [2.24, 2.45) is 0 Å². The summed E-state index contributed by atoms with van der Waals surface area (Å²) in [7, 11) is 0. The smallest absolute Gasteiger partial charge is 0.268 e. The third kappa shape index (κ3) is 3.46. The number of rotatable bonds is 5. The van der Waals surface area contributed by atoms with Crippen molar-refractivity contribution in [1.29, 1.82) is 0 Å². The van der Waals surface area contributed by atoms with Crippen LogP contribution in [0.3, 0.4) is 0 Å². The van der Waals surface area contributed by atoms with Crippen molar-refractivity contribution in [2.75, 3.05) is 5.32 Å². The predicted octanol–water partition coefficient (Wildman–Crippen LogP) is 3.89. The number of aromatic amines is 1. The maximum atomic E-state index is 12.8. The number of carbonyl (C=O) groups is 1. The quantitative estimate of drug-likeness (QED) is 0.453. The summed E-state index contributed by atoms with van der Waals surface area (Å²) >= 11 is 1.40. The van der Waals surface area contributed by atoms with Crippen LogP contribution >= 0.6 is 11.3 Å². The number of benzene rings is 1. The minimum Gasteiger partial charge on any atom is -0.288 e. The second-order valence-corrected chi connectivity index (χ2v) is 7.77. The molecule has 1 amide bonds. The number of nitrogens with one attached hydrogen (secondary N) is 2. The van der Waals surface area contributed by atoms with Gasteiger partial charge in [0.2, 0.25) is 5.95 Å². The van der Waals surface area contributed by atoms with Crippen molar-refractivity contribution in [3.63, 3.8) is 0 Å². The summed E-state index contributed by atoms with van der Waals surface area (Å²) in [5.41, 5.74) is 2.71. The molecule has 5 rings (SSSR count). The van der Waals surface area contributed by atoms with Crippen molar-refractivity contribution in [3.8, 4) is 11.5 Å². The monoisotopic (exact) mass is 415 g/mol. The fourth-order valence-corrected chi connectivity index (χ4v) is 4.24. The summed E-state index contributed by atoms with van der Waals surface area (Å²) in [5.74, 6) is 0.450. The Morgan fingerprint density at radius 3 is 2.80 bits per heavy atom. The number of anilines is 1. The number of amides is 1. The van der Waals surface area contributed by atoms with E-state index < -0.39 is 0 Å². The molecule has 0 spiro atoms. The van der Waals surface area contributed by atoms with Crippen molar-refractivity contribution in [1.82, 2.24) is 29.9 Å². The molecule has 9 heteroatoms. The zero-order valence-corrected chi connectivity index (χ0v) is 16.8. The first kappa shape index (κ1) is 18.2. The molecule has 1 aromatic carbocycles. The van der Waals surface area contributed by atoms with Crippen molar-refractivity contribution in [3.05, 3.63) is 76.9 Å². The highest BCUT2D eigenvalue weighted by Crippen LogP contribution is 2.29. The lowest BCUT2D eigenvalue weighted by atomic mass is 10.2. The Kier molecular flexibility index (Phi) is 4.56. The molecule has 0 saturated heterocycles. The van der Waals surface area contributed by atoms with Gasteiger partial charge in [-0.15, -0.1) is 16.4 Å². The fraction of sp³-hybridized carbons (Fsp3) is 0.0952. The molecule has 30 heavy (non-hydrogen) atoms. The van der Waals surface area contributed by atoms with E-state index in [0.717, 1.165) is 21.5 Å². The molecule has 0 saturated carbocycles. The molecule has 0 aliphatic heterocycles. The van der Waals surface area contributed by atoms with Crippen LogP contribution in [0.15, 0.2) is 60.8 Å². The topological polar surface area (TPSA) is 101 Å². The van der Waals surface area contributed by atoms with E-state index in [1.807, 2.05) is 54.1 Å². The standard InChI is InChI=1S/C21H17N7OS/c1-13-15-11-17(30-20(15)28(27-13)12-14-7-3-2-4-8-14)19(29)24-21-23-18(25-26-21)16-9-5-6-10-22-16/h2-11H,12H2,1H3,(H2,23,24,25,26,29). The first-order valence-electron chi connectivity index (χ1n) is 9.33. The van der Waals surface area contributed by atoms with Gasteiger partial charge in [-0.1, -0.05) is 36.4 Å². The maximum absolute atomic E-state index is 12.8. The van der Waals surface area contributed by atoms with Crippen LogP contribution < -0.4 is 5.32 Å². The van der Waals surface area contributed by atoms with Crippen LogP contribution in [-0.4, -0.2) is 35.9 Å². The van der Waals surface area contributed by atoms with E-state index in [2.05, 4.69) is 42.7 Å². The van der Waals surface area contributed by atoms with Crippen LogP contribution in [0.2, 0.25) is 0 Å². The van der Waals surface area contributed by atoms with E-state index in [4.69, 9.17) is 0 Å². The maximum Gasteiger partial charge on any atom is 0.268 e. The van der Waals surface area contributed by atoms with E-state index in [0.29, 0.717) is 22.9 Å². The minimum absolute atomic E-state index is 0.209. The summed E-state index contributed by atoms with van der Waals surface area (Å²) in [4.78, 5) is 22.8. The number of carbonyl (C=O) groups excluding carboxylic acids is 1. The molecule has 0 aliphatic carbocycles. The first-order valence-corrected chi connectivity index (χ1v) is 10.1. The Bertz CT molecular complexity index is 1320. The zero-order valence-electron chi connectivity index (χ0n) is 16.0. The van der Waals surface area contributed by atoms with Crippen molar-refractivity contribution >= 4 is 33.4 Å². The Hall–Kier alpha value is -3.85. The number of hydrogen-bond acceptors (Lipinski definition) is 6. The third-order valence-corrected chi connectivity index (χ3v) is 5.77. The average molecular weight is 415 g/mol. The van der Waals surface area contributed by atoms with Crippen LogP contribution in [-0.2, 0) is 6.54 Å². The van der Waals surface area contributed by atoms with Gasteiger partial charge in [0.25, 0.3) is 5.91 Å². The number of pyridine rings is 1. The van der Waals surface area contributed by atoms with Gasteiger partial charge in [-0.2, -0.15) is 10.1 Å². The van der Waals surface area contributed by atoms with Gasteiger partial charge < -0.3 is 0 Å². The van der Waals surface area contributed by atoms with Gasteiger partial charge in [0.15, 0.2) is 5.82 Å². The van der Waals surface area contributed by atoms with E-state index >= 15 is 0 Å². The van der Waals surface area contributed by atoms with Crippen molar-refractivity contribution < 1.29 is 4.79 Å². The van der Waals surface area contributed by atoms with Crippen LogP contribution in [0.25, 0.3) is 21.7 Å². The van der Waals surface area contributed by atoms with E-state index in [1.54, 1.807) is 6.20 Å². The summed E-state index contributed by atoms with van der Waals surface area (Å²) < 4.78 is 1.94. The van der Waals surface area contributed by atoms with E-state index in [9.17, 15) is 4.79 Å². The lowest BCUT2D eigenvalue weighted by Gasteiger charge is -2.02. The number of aryl methyl sites for hydroxylation is 1. The lowest BCUT2D eigenvalue weighted by molar-refractivity contribution is 0.103. The largest absolute Gasteiger partial charge is 0.288 e. The van der Waals surface area contributed by atoms with Gasteiger partial charge in [-0.25, -0.2) is 0 Å². The van der Waals surface area contributed by atoms with E-state index in [1.165, 1.54) is 11.3 Å². The zero-order chi connectivity index (χ0) is 20.5. The average Bonchev–Trinajstić information content (AvgIpc) is 3.48. The van der Waals surface area contributed by atoms with Gasteiger partial charge >= 0.3 is 0 Å². The molecule has 4 heterocycles. The summed E-state index contributed by atoms with van der Waals surface area (Å²) in [6.45, 7) is 2.60. The van der Waals surface area contributed by atoms with Crippen LogP contribution in [0.1, 0.15) is 20.9 Å². The Morgan fingerprint density at radius 2 is 2.00 bits per heavy atom.